The highest BCUT2D eigenvalue weighted by molar-refractivity contribution is 5.99. The summed E-state index contributed by atoms with van der Waals surface area (Å²) in [4.78, 5) is 37.1. The zero-order chi connectivity index (χ0) is 16.1. The lowest BCUT2D eigenvalue weighted by Crippen LogP contribution is -2.30. The molecule has 0 aliphatic rings. The van der Waals surface area contributed by atoms with E-state index in [4.69, 9.17) is 5.11 Å². The summed E-state index contributed by atoms with van der Waals surface area (Å²) < 4.78 is 0. The SMILES string of the molecule is CC(=O)c1c[nH]c(C(=O)NC(CC(=O)O)c2ccccc2)c1. The van der Waals surface area contributed by atoms with Crippen molar-refractivity contribution >= 4 is 17.7 Å². The predicted molar refractivity (Wildman–Crippen MR) is 79.7 cm³/mol. The van der Waals surface area contributed by atoms with Gasteiger partial charge in [0.05, 0.1) is 12.5 Å². The van der Waals surface area contributed by atoms with Crippen LogP contribution in [-0.2, 0) is 4.79 Å². The van der Waals surface area contributed by atoms with E-state index >= 15 is 0 Å². The first-order valence-corrected chi connectivity index (χ1v) is 6.74. The molecule has 0 bridgehead atoms. The molecule has 3 N–H and O–H groups in total. The first-order valence-electron chi connectivity index (χ1n) is 6.74. The van der Waals surface area contributed by atoms with Crippen LogP contribution in [0.4, 0.5) is 0 Å². The van der Waals surface area contributed by atoms with Crippen molar-refractivity contribution in [3.63, 3.8) is 0 Å². The van der Waals surface area contributed by atoms with Gasteiger partial charge in [0, 0.05) is 11.8 Å². The van der Waals surface area contributed by atoms with Gasteiger partial charge < -0.3 is 15.4 Å². The number of hydrogen-bond acceptors (Lipinski definition) is 3. The van der Waals surface area contributed by atoms with Crippen molar-refractivity contribution in [3.05, 3.63) is 59.4 Å². The number of carboxylic acids is 1. The number of carboxylic acid groups (broad SMARTS) is 1. The predicted octanol–water partition coefficient (Wildman–Crippen LogP) is 2.16. The Balaban J connectivity index is 2.17. The van der Waals surface area contributed by atoms with Gasteiger partial charge in [-0.2, -0.15) is 0 Å². The van der Waals surface area contributed by atoms with Gasteiger partial charge in [0.25, 0.3) is 5.91 Å². The lowest BCUT2D eigenvalue weighted by molar-refractivity contribution is -0.137. The van der Waals surface area contributed by atoms with Gasteiger partial charge in [0.15, 0.2) is 5.78 Å². The van der Waals surface area contributed by atoms with Crippen molar-refractivity contribution in [1.82, 2.24) is 10.3 Å². The number of rotatable bonds is 6. The molecule has 0 aliphatic heterocycles. The van der Waals surface area contributed by atoms with Gasteiger partial charge in [-0.15, -0.1) is 0 Å². The summed E-state index contributed by atoms with van der Waals surface area (Å²) in [5.41, 5.74) is 1.33. The maximum Gasteiger partial charge on any atom is 0.305 e. The van der Waals surface area contributed by atoms with Crippen LogP contribution in [-0.4, -0.2) is 27.8 Å². The number of hydrogen-bond donors (Lipinski definition) is 3. The molecule has 1 heterocycles. The number of amides is 1. The molecule has 6 heteroatoms. The van der Waals surface area contributed by atoms with E-state index < -0.39 is 17.9 Å². The largest absolute Gasteiger partial charge is 0.481 e. The molecule has 1 amide bonds. The number of aliphatic carboxylic acids is 1. The molecule has 1 aromatic carbocycles. The van der Waals surface area contributed by atoms with Crippen molar-refractivity contribution in [3.8, 4) is 0 Å². The highest BCUT2D eigenvalue weighted by Gasteiger charge is 2.20. The van der Waals surface area contributed by atoms with Crippen LogP contribution in [0.15, 0.2) is 42.6 Å². The highest BCUT2D eigenvalue weighted by atomic mass is 16.4. The second-order valence-electron chi connectivity index (χ2n) is 4.89. The number of Topliss-reactive ketones (excluding diaryl/α,β-unsaturated/α-hetero) is 1. The molecule has 2 aromatic rings. The van der Waals surface area contributed by atoms with Crippen LogP contribution in [0.5, 0.6) is 0 Å². The Kier molecular flexibility index (Phi) is 4.73. The van der Waals surface area contributed by atoms with E-state index in [1.807, 2.05) is 6.07 Å². The summed E-state index contributed by atoms with van der Waals surface area (Å²) in [6.07, 6.45) is 1.22. The Morgan fingerprint density at radius 2 is 1.91 bits per heavy atom. The second kappa shape index (κ2) is 6.71. The van der Waals surface area contributed by atoms with Crippen LogP contribution in [0.3, 0.4) is 0 Å². The van der Waals surface area contributed by atoms with E-state index in [0.717, 1.165) is 0 Å². The number of H-pyrrole nitrogens is 1. The normalized spacial score (nSPS) is 11.7. The number of aromatic nitrogens is 1. The molecule has 1 unspecified atom stereocenters. The van der Waals surface area contributed by atoms with Crippen LogP contribution in [0, 0.1) is 0 Å². The molecule has 0 saturated heterocycles. The number of aromatic amines is 1. The summed E-state index contributed by atoms with van der Waals surface area (Å²) in [6, 6.07) is 9.67. The molecule has 22 heavy (non-hydrogen) atoms. The van der Waals surface area contributed by atoms with Gasteiger partial charge in [-0.3, -0.25) is 14.4 Å². The first kappa shape index (κ1) is 15.5. The minimum absolute atomic E-state index is 0.152. The van der Waals surface area contributed by atoms with Gasteiger partial charge in [-0.05, 0) is 18.6 Å². The van der Waals surface area contributed by atoms with Crippen molar-refractivity contribution in [2.45, 2.75) is 19.4 Å². The standard InChI is InChI=1S/C16H16N2O4/c1-10(19)12-7-14(17-9-12)16(22)18-13(8-15(20)21)11-5-3-2-4-6-11/h2-7,9,13,17H,8H2,1H3,(H,18,22)(H,20,21). The molecule has 1 atom stereocenters. The van der Waals surface area contributed by atoms with Crippen LogP contribution < -0.4 is 5.32 Å². The summed E-state index contributed by atoms with van der Waals surface area (Å²) in [5.74, 6) is -1.62. The van der Waals surface area contributed by atoms with Gasteiger partial charge in [-0.25, -0.2) is 0 Å². The molecule has 114 valence electrons. The van der Waals surface area contributed by atoms with Gasteiger partial charge in [0.2, 0.25) is 0 Å². The zero-order valence-corrected chi connectivity index (χ0v) is 12.0. The Morgan fingerprint density at radius 3 is 2.45 bits per heavy atom. The van der Waals surface area contributed by atoms with Crippen LogP contribution >= 0.6 is 0 Å². The van der Waals surface area contributed by atoms with Crippen molar-refractivity contribution in [2.24, 2.45) is 0 Å². The second-order valence-corrected chi connectivity index (χ2v) is 4.89. The molecule has 0 aliphatic carbocycles. The summed E-state index contributed by atoms with van der Waals surface area (Å²) in [6.45, 7) is 1.40. The molecule has 2 rings (SSSR count). The smallest absolute Gasteiger partial charge is 0.305 e. The third-order valence-electron chi connectivity index (χ3n) is 3.22. The minimum Gasteiger partial charge on any atom is -0.481 e. The Labute approximate surface area is 127 Å². The number of benzene rings is 1. The lowest BCUT2D eigenvalue weighted by atomic mass is 10.0. The maximum absolute atomic E-state index is 12.2. The van der Waals surface area contributed by atoms with Crippen molar-refractivity contribution < 1.29 is 19.5 Å². The molecule has 0 spiro atoms. The fraction of sp³-hybridized carbons (Fsp3) is 0.188. The molecule has 0 fully saturated rings. The van der Waals surface area contributed by atoms with Crippen LogP contribution in [0.1, 0.15) is 45.8 Å². The van der Waals surface area contributed by atoms with Crippen molar-refractivity contribution in [2.75, 3.05) is 0 Å². The van der Waals surface area contributed by atoms with Gasteiger partial charge in [0.1, 0.15) is 5.69 Å². The van der Waals surface area contributed by atoms with Crippen LogP contribution in [0.2, 0.25) is 0 Å². The third kappa shape index (κ3) is 3.82. The van der Waals surface area contributed by atoms with E-state index in [2.05, 4.69) is 10.3 Å². The van der Waals surface area contributed by atoms with Gasteiger partial charge >= 0.3 is 5.97 Å². The lowest BCUT2D eigenvalue weighted by Gasteiger charge is -2.16. The first-order chi connectivity index (χ1) is 10.5. The van der Waals surface area contributed by atoms with Crippen LogP contribution in [0.25, 0.3) is 0 Å². The third-order valence-corrected chi connectivity index (χ3v) is 3.22. The molecule has 6 nitrogen and oxygen atoms in total. The molecule has 0 saturated carbocycles. The number of carbonyl (C=O) groups is 3. The Morgan fingerprint density at radius 1 is 1.23 bits per heavy atom. The Bertz CT molecular complexity index is 691. The van der Waals surface area contributed by atoms with E-state index in [-0.39, 0.29) is 17.9 Å². The van der Waals surface area contributed by atoms with E-state index in [0.29, 0.717) is 11.1 Å². The molecular weight excluding hydrogens is 284 g/mol. The summed E-state index contributed by atoms with van der Waals surface area (Å²) in [5, 5.41) is 11.7. The summed E-state index contributed by atoms with van der Waals surface area (Å²) >= 11 is 0. The number of carbonyl (C=O) groups excluding carboxylic acids is 2. The maximum atomic E-state index is 12.2. The monoisotopic (exact) mass is 300 g/mol. The fourth-order valence-corrected chi connectivity index (χ4v) is 2.08. The minimum atomic E-state index is -1.01. The highest BCUT2D eigenvalue weighted by Crippen LogP contribution is 2.17. The molecule has 1 aromatic heterocycles. The average Bonchev–Trinajstić information content (AvgIpc) is 2.97. The number of nitrogens with one attached hydrogen (secondary N) is 2. The van der Waals surface area contributed by atoms with E-state index in [1.165, 1.54) is 19.2 Å². The quantitative estimate of drug-likeness (QED) is 0.712. The Hall–Kier alpha value is -2.89. The number of ketones is 1. The topological polar surface area (TPSA) is 99.3 Å². The van der Waals surface area contributed by atoms with Gasteiger partial charge in [-0.1, -0.05) is 30.3 Å². The molecular formula is C16H16N2O4. The molecule has 0 radical (unpaired) electrons. The zero-order valence-electron chi connectivity index (χ0n) is 12.0. The van der Waals surface area contributed by atoms with Crippen molar-refractivity contribution in [1.29, 1.82) is 0 Å². The average molecular weight is 300 g/mol. The van der Waals surface area contributed by atoms with E-state index in [1.54, 1.807) is 24.3 Å². The summed E-state index contributed by atoms with van der Waals surface area (Å²) in [7, 11) is 0. The van der Waals surface area contributed by atoms with E-state index in [9.17, 15) is 14.4 Å². The fourth-order valence-electron chi connectivity index (χ4n) is 2.08.